The van der Waals surface area contributed by atoms with Crippen LogP contribution in [0.5, 0.6) is 0 Å². The first kappa shape index (κ1) is 10.8. The van der Waals surface area contributed by atoms with E-state index in [1.807, 2.05) is 24.7 Å². The predicted molar refractivity (Wildman–Crippen MR) is 57.6 cm³/mol. The molecule has 1 unspecified atom stereocenters. The maximum Gasteiger partial charge on any atom is 0.130 e. The van der Waals surface area contributed by atoms with Gasteiger partial charge in [0.05, 0.1) is 12.3 Å². The zero-order valence-electron chi connectivity index (χ0n) is 9.41. The van der Waals surface area contributed by atoms with Crippen molar-refractivity contribution in [3.8, 4) is 0 Å². The van der Waals surface area contributed by atoms with Crippen LogP contribution in [0.15, 0.2) is 18.6 Å². The summed E-state index contributed by atoms with van der Waals surface area (Å²) in [5.41, 5.74) is 0.608. The lowest BCUT2D eigenvalue weighted by Crippen LogP contribution is -2.06. The summed E-state index contributed by atoms with van der Waals surface area (Å²) < 4.78 is 3.61. The van der Waals surface area contributed by atoms with Crippen molar-refractivity contribution in [2.45, 2.75) is 26.0 Å². The van der Waals surface area contributed by atoms with Crippen LogP contribution in [-0.4, -0.2) is 29.7 Å². The van der Waals surface area contributed by atoms with Crippen LogP contribution in [0.2, 0.25) is 0 Å². The zero-order chi connectivity index (χ0) is 11.5. The van der Waals surface area contributed by atoms with Gasteiger partial charge in [-0.05, 0) is 6.42 Å². The molecule has 6 heteroatoms. The van der Waals surface area contributed by atoms with Gasteiger partial charge in [0, 0.05) is 19.4 Å². The van der Waals surface area contributed by atoms with Gasteiger partial charge in [-0.25, -0.2) is 9.67 Å². The molecule has 0 saturated carbocycles. The highest BCUT2D eigenvalue weighted by Crippen LogP contribution is 2.12. The van der Waals surface area contributed by atoms with E-state index in [2.05, 4.69) is 15.3 Å². The highest BCUT2D eigenvalue weighted by Gasteiger charge is 2.10. The number of aliphatic hydroxyl groups is 1. The van der Waals surface area contributed by atoms with Gasteiger partial charge in [-0.3, -0.25) is 0 Å². The van der Waals surface area contributed by atoms with E-state index in [0.29, 0.717) is 18.7 Å². The first-order valence-corrected chi connectivity index (χ1v) is 5.25. The number of aliphatic hydroxyl groups excluding tert-OH is 1. The van der Waals surface area contributed by atoms with E-state index >= 15 is 0 Å². The van der Waals surface area contributed by atoms with Crippen LogP contribution < -0.4 is 0 Å². The average molecular weight is 221 g/mol. The molecule has 0 saturated heterocycles. The van der Waals surface area contributed by atoms with Gasteiger partial charge < -0.3 is 9.67 Å². The van der Waals surface area contributed by atoms with Gasteiger partial charge in [0.2, 0.25) is 0 Å². The van der Waals surface area contributed by atoms with Crippen molar-refractivity contribution in [3.05, 3.63) is 30.1 Å². The predicted octanol–water partition coefficient (Wildman–Crippen LogP) is 0.503. The van der Waals surface area contributed by atoms with Crippen molar-refractivity contribution in [3.63, 3.8) is 0 Å². The number of aryl methyl sites for hydroxylation is 1. The lowest BCUT2D eigenvalue weighted by molar-refractivity contribution is 0.168. The molecule has 0 aliphatic carbocycles. The maximum absolute atomic E-state index is 9.59. The van der Waals surface area contributed by atoms with Gasteiger partial charge in [-0.2, -0.15) is 0 Å². The fraction of sp³-hybridized carbons (Fsp3) is 0.500. The monoisotopic (exact) mass is 221 g/mol. The largest absolute Gasteiger partial charge is 0.387 e. The molecule has 0 spiro atoms. The van der Waals surface area contributed by atoms with Crippen molar-refractivity contribution < 1.29 is 5.11 Å². The van der Waals surface area contributed by atoms with Gasteiger partial charge in [-0.15, -0.1) is 5.10 Å². The van der Waals surface area contributed by atoms with Crippen LogP contribution in [0.1, 0.15) is 31.0 Å². The van der Waals surface area contributed by atoms with Crippen LogP contribution in [0.3, 0.4) is 0 Å². The first-order valence-electron chi connectivity index (χ1n) is 5.25. The Balaban J connectivity index is 2.11. The lowest BCUT2D eigenvalue weighted by Gasteiger charge is -2.01. The molecule has 2 aromatic rings. The van der Waals surface area contributed by atoms with Crippen LogP contribution in [0, 0.1) is 0 Å². The van der Waals surface area contributed by atoms with Crippen molar-refractivity contribution in [2.24, 2.45) is 7.05 Å². The highest BCUT2D eigenvalue weighted by molar-refractivity contribution is 4.99. The summed E-state index contributed by atoms with van der Waals surface area (Å²) in [6, 6.07) is 0. The smallest absolute Gasteiger partial charge is 0.130 e. The normalized spacial score (nSPS) is 12.9. The molecule has 0 aliphatic rings. The van der Waals surface area contributed by atoms with Gasteiger partial charge in [0.1, 0.15) is 18.1 Å². The molecule has 1 atom stereocenters. The van der Waals surface area contributed by atoms with Crippen molar-refractivity contribution in [1.82, 2.24) is 24.5 Å². The van der Waals surface area contributed by atoms with Gasteiger partial charge >= 0.3 is 0 Å². The minimum Gasteiger partial charge on any atom is -0.387 e. The summed E-state index contributed by atoms with van der Waals surface area (Å²) in [4.78, 5) is 4.20. The van der Waals surface area contributed by atoms with Crippen molar-refractivity contribution in [1.29, 1.82) is 0 Å². The van der Waals surface area contributed by atoms with E-state index in [-0.39, 0.29) is 0 Å². The molecular formula is C10H15N5O. The Hall–Kier alpha value is -1.69. The van der Waals surface area contributed by atoms with Gasteiger partial charge in [-0.1, -0.05) is 12.1 Å². The zero-order valence-corrected chi connectivity index (χ0v) is 9.41. The van der Waals surface area contributed by atoms with Gasteiger partial charge in [0.25, 0.3) is 0 Å². The average Bonchev–Trinajstić information content (AvgIpc) is 2.89. The standard InChI is InChI=1S/C10H15N5O/c1-3-9(16)8-6-15(13-12-8)7-10-11-4-5-14(10)2/h4-6,9,16H,3,7H2,1-2H3. The van der Waals surface area contributed by atoms with E-state index in [9.17, 15) is 5.11 Å². The quantitative estimate of drug-likeness (QED) is 0.816. The van der Waals surface area contributed by atoms with Crippen LogP contribution >= 0.6 is 0 Å². The number of hydrogen-bond acceptors (Lipinski definition) is 4. The number of hydrogen-bond donors (Lipinski definition) is 1. The van der Waals surface area contributed by atoms with E-state index in [1.54, 1.807) is 17.1 Å². The SMILES string of the molecule is CCC(O)c1cn(Cc2nccn2C)nn1. The van der Waals surface area contributed by atoms with E-state index in [0.717, 1.165) is 5.82 Å². The molecule has 0 fully saturated rings. The molecule has 0 amide bonds. The molecule has 0 bridgehead atoms. The second-order valence-corrected chi connectivity index (χ2v) is 3.72. The van der Waals surface area contributed by atoms with Gasteiger partial charge in [0.15, 0.2) is 0 Å². The third kappa shape index (κ3) is 2.11. The third-order valence-electron chi connectivity index (χ3n) is 2.51. The maximum atomic E-state index is 9.59. The highest BCUT2D eigenvalue weighted by atomic mass is 16.3. The summed E-state index contributed by atoms with van der Waals surface area (Å²) in [5.74, 6) is 0.905. The fourth-order valence-electron chi connectivity index (χ4n) is 1.45. The number of aromatic nitrogens is 5. The molecule has 2 heterocycles. The Labute approximate surface area is 93.5 Å². The van der Waals surface area contributed by atoms with E-state index in [1.165, 1.54) is 0 Å². The summed E-state index contributed by atoms with van der Waals surface area (Å²) >= 11 is 0. The third-order valence-corrected chi connectivity index (χ3v) is 2.51. The Kier molecular flexibility index (Phi) is 3.00. The van der Waals surface area contributed by atoms with Crippen LogP contribution in [-0.2, 0) is 13.6 Å². The molecule has 0 aromatic carbocycles. The first-order chi connectivity index (χ1) is 7.70. The minimum absolute atomic E-state index is 0.532. The minimum atomic E-state index is -0.532. The summed E-state index contributed by atoms with van der Waals surface area (Å²) in [6.45, 7) is 2.47. The number of imidazole rings is 1. The van der Waals surface area contributed by atoms with Crippen LogP contribution in [0.25, 0.3) is 0 Å². The number of rotatable bonds is 4. The fourth-order valence-corrected chi connectivity index (χ4v) is 1.45. The molecule has 0 radical (unpaired) electrons. The molecule has 2 aromatic heterocycles. The lowest BCUT2D eigenvalue weighted by atomic mass is 10.2. The summed E-state index contributed by atoms with van der Waals surface area (Å²) in [7, 11) is 1.93. The van der Waals surface area contributed by atoms with Crippen LogP contribution in [0.4, 0.5) is 0 Å². The topological polar surface area (TPSA) is 68.8 Å². The molecule has 6 nitrogen and oxygen atoms in total. The number of nitrogens with zero attached hydrogens (tertiary/aromatic N) is 5. The molecule has 1 N–H and O–H groups in total. The second kappa shape index (κ2) is 4.44. The molecule has 0 aliphatic heterocycles. The summed E-state index contributed by atoms with van der Waals surface area (Å²) in [6.07, 6.45) is 5.49. The Morgan fingerprint density at radius 2 is 2.31 bits per heavy atom. The summed E-state index contributed by atoms with van der Waals surface area (Å²) in [5, 5.41) is 17.5. The van der Waals surface area contributed by atoms with Crippen molar-refractivity contribution >= 4 is 0 Å². The molecule has 16 heavy (non-hydrogen) atoms. The molecular weight excluding hydrogens is 206 g/mol. The molecule has 86 valence electrons. The molecule has 2 rings (SSSR count). The second-order valence-electron chi connectivity index (χ2n) is 3.72. The van der Waals surface area contributed by atoms with E-state index in [4.69, 9.17) is 0 Å². The Morgan fingerprint density at radius 1 is 1.50 bits per heavy atom. The Morgan fingerprint density at radius 3 is 2.94 bits per heavy atom. The van der Waals surface area contributed by atoms with Crippen molar-refractivity contribution in [2.75, 3.05) is 0 Å². The van der Waals surface area contributed by atoms with E-state index < -0.39 is 6.10 Å². The Bertz CT molecular complexity index is 461.